The number of nitrogens with two attached hydrogens (primary N) is 1. The van der Waals surface area contributed by atoms with Gasteiger partial charge in [0.05, 0.1) is 17.7 Å². The minimum absolute atomic E-state index is 0.0140. The molecular weight excluding hydrogens is 486 g/mol. The van der Waals surface area contributed by atoms with Gasteiger partial charge in [-0.1, -0.05) is 26.0 Å². The number of carbonyl (C=O) groups excluding carboxylic acids is 3. The smallest absolute Gasteiger partial charge is 0.295 e. The number of carbonyl (C=O) groups is 3. The molecule has 38 heavy (non-hydrogen) atoms. The Bertz CT molecular complexity index is 1200. The predicted octanol–water partition coefficient (Wildman–Crippen LogP) is 3.41. The Kier molecular flexibility index (Phi) is 9.52. The summed E-state index contributed by atoms with van der Waals surface area (Å²) in [6.45, 7) is 12.0. The van der Waals surface area contributed by atoms with Crippen LogP contribution in [0.15, 0.2) is 48.0 Å². The molecule has 0 saturated carbocycles. The van der Waals surface area contributed by atoms with E-state index in [2.05, 4.69) is 4.90 Å². The van der Waals surface area contributed by atoms with Gasteiger partial charge in [0.25, 0.3) is 17.6 Å². The summed E-state index contributed by atoms with van der Waals surface area (Å²) in [5, 5.41) is 11.4. The molecular formula is C29H37N3O6. The molecule has 1 heterocycles. The van der Waals surface area contributed by atoms with E-state index < -0.39 is 23.6 Å². The fourth-order valence-electron chi connectivity index (χ4n) is 4.54. The number of ether oxygens (including phenoxy) is 2. The van der Waals surface area contributed by atoms with Crippen LogP contribution in [0.25, 0.3) is 5.76 Å². The number of aliphatic hydroxyl groups excluding tert-OH is 1. The number of primary amides is 1. The lowest BCUT2D eigenvalue weighted by Gasteiger charge is -2.28. The summed E-state index contributed by atoms with van der Waals surface area (Å²) in [4.78, 5) is 41.3. The SMILES string of the molecule is CCN(CC)CCN1C(=O)C(=O)C(=C(O)c2ccc(OC(C)C)cc2C)C1c1ccc(OCC(N)=O)cc1. The van der Waals surface area contributed by atoms with Gasteiger partial charge in [-0.25, -0.2) is 0 Å². The van der Waals surface area contributed by atoms with Crippen molar-refractivity contribution in [2.45, 2.75) is 46.8 Å². The number of likely N-dealkylation sites (tertiary alicyclic amines) is 1. The second kappa shape index (κ2) is 12.6. The molecule has 9 nitrogen and oxygen atoms in total. The van der Waals surface area contributed by atoms with E-state index in [9.17, 15) is 19.5 Å². The highest BCUT2D eigenvalue weighted by atomic mass is 16.5. The van der Waals surface area contributed by atoms with E-state index in [-0.39, 0.29) is 24.0 Å². The number of rotatable bonds is 12. The number of aryl methyl sites for hydroxylation is 1. The first kappa shape index (κ1) is 28.7. The molecule has 3 rings (SSSR count). The first-order chi connectivity index (χ1) is 18.1. The summed E-state index contributed by atoms with van der Waals surface area (Å²) in [6.07, 6.45) is -0.0140. The Morgan fingerprint density at radius 1 is 1.08 bits per heavy atom. The van der Waals surface area contributed by atoms with Crippen molar-refractivity contribution in [3.05, 3.63) is 64.7 Å². The van der Waals surface area contributed by atoms with Crippen LogP contribution >= 0.6 is 0 Å². The Morgan fingerprint density at radius 2 is 1.71 bits per heavy atom. The second-order valence-corrected chi connectivity index (χ2v) is 9.49. The molecule has 1 aliphatic heterocycles. The van der Waals surface area contributed by atoms with Crippen LogP contribution in [-0.2, 0) is 14.4 Å². The maximum absolute atomic E-state index is 13.3. The molecule has 1 unspecified atom stereocenters. The standard InChI is InChI=1S/C29H37N3O6/c1-6-31(7-2)14-15-32-26(20-8-10-21(11-9-20)37-17-24(30)33)25(28(35)29(32)36)27(34)23-13-12-22(16-19(23)5)38-18(3)4/h8-13,16,18,26,34H,6-7,14-15,17H2,1-5H3,(H2,30,33). The van der Waals surface area contributed by atoms with E-state index in [0.717, 1.165) is 13.1 Å². The molecule has 0 bridgehead atoms. The van der Waals surface area contributed by atoms with Crippen molar-refractivity contribution in [3.8, 4) is 11.5 Å². The lowest BCUT2D eigenvalue weighted by molar-refractivity contribution is -0.140. The Hall–Kier alpha value is -3.85. The zero-order valence-corrected chi connectivity index (χ0v) is 22.7. The highest BCUT2D eigenvalue weighted by Crippen LogP contribution is 2.40. The molecule has 0 spiro atoms. The van der Waals surface area contributed by atoms with Crippen molar-refractivity contribution in [1.29, 1.82) is 0 Å². The lowest BCUT2D eigenvalue weighted by Crippen LogP contribution is -2.38. The average molecular weight is 524 g/mol. The molecule has 1 aliphatic rings. The number of benzene rings is 2. The molecule has 2 aromatic rings. The number of nitrogens with zero attached hydrogens (tertiary/aromatic N) is 2. The lowest BCUT2D eigenvalue weighted by atomic mass is 9.94. The van der Waals surface area contributed by atoms with Gasteiger partial charge in [-0.2, -0.15) is 0 Å². The van der Waals surface area contributed by atoms with Crippen LogP contribution < -0.4 is 15.2 Å². The average Bonchev–Trinajstić information content (AvgIpc) is 3.12. The largest absolute Gasteiger partial charge is 0.507 e. The second-order valence-electron chi connectivity index (χ2n) is 9.49. The third kappa shape index (κ3) is 6.52. The quantitative estimate of drug-likeness (QED) is 0.248. The van der Waals surface area contributed by atoms with Crippen molar-refractivity contribution in [2.24, 2.45) is 5.73 Å². The van der Waals surface area contributed by atoms with Gasteiger partial charge in [-0.05, 0) is 75.3 Å². The van der Waals surface area contributed by atoms with Crippen LogP contribution in [-0.4, -0.2) is 71.4 Å². The van der Waals surface area contributed by atoms with Crippen molar-refractivity contribution in [3.63, 3.8) is 0 Å². The van der Waals surface area contributed by atoms with Crippen molar-refractivity contribution in [2.75, 3.05) is 32.8 Å². The fourth-order valence-corrected chi connectivity index (χ4v) is 4.54. The van der Waals surface area contributed by atoms with E-state index >= 15 is 0 Å². The molecule has 9 heteroatoms. The van der Waals surface area contributed by atoms with Crippen LogP contribution in [0.5, 0.6) is 11.5 Å². The van der Waals surface area contributed by atoms with Gasteiger partial charge in [0.2, 0.25) is 0 Å². The summed E-state index contributed by atoms with van der Waals surface area (Å²) < 4.78 is 11.1. The third-order valence-corrected chi connectivity index (χ3v) is 6.49. The minimum Gasteiger partial charge on any atom is -0.507 e. The molecule has 0 radical (unpaired) electrons. The summed E-state index contributed by atoms with van der Waals surface area (Å²) in [5.41, 5.74) is 6.99. The number of Topliss-reactive ketones (excluding diaryl/α,β-unsaturated/α-hetero) is 1. The van der Waals surface area contributed by atoms with Gasteiger partial charge in [0, 0.05) is 18.7 Å². The number of aliphatic hydroxyl groups is 1. The maximum atomic E-state index is 13.3. The molecule has 204 valence electrons. The van der Waals surface area contributed by atoms with E-state index in [0.29, 0.717) is 41.3 Å². The number of likely N-dealkylation sites (N-methyl/N-ethyl adjacent to an activating group) is 1. The van der Waals surface area contributed by atoms with Gasteiger partial charge in [-0.3, -0.25) is 14.4 Å². The summed E-state index contributed by atoms with van der Waals surface area (Å²) in [5.74, 6) is -1.15. The molecule has 1 saturated heterocycles. The van der Waals surface area contributed by atoms with Gasteiger partial charge in [-0.15, -0.1) is 0 Å². The van der Waals surface area contributed by atoms with Crippen LogP contribution in [0.1, 0.15) is 50.4 Å². The van der Waals surface area contributed by atoms with Crippen LogP contribution in [0.2, 0.25) is 0 Å². The number of amides is 2. The van der Waals surface area contributed by atoms with Crippen molar-refractivity contribution in [1.82, 2.24) is 9.80 Å². The van der Waals surface area contributed by atoms with Gasteiger partial charge in [0.1, 0.15) is 17.3 Å². The highest BCUT2D eigenvalue weighted by molar-refractivity contribution is 6.46. The van der Waals surface area contributed by atoms with Gasteiger partial charge in [0.15, 0.2) is 6.61 Å². The topological polar surface area (TPSA) is 122 Å². The van der Waals surface area contributed by atoms with Crippen molar-refractivity contribution >= 4 is 23.4 Å². The zero-order chi connectivity index (χ0) is 28.0. The van der Waals surface area contributed by atoms with E-state index in [4.69, 9.17) is 15.2 Å². The van der Waals surface area contributed by atoms with E-state index in [1.165, 1.54) is 4.90 Å². The summed E-state index contributed by atoms with van der Waals surface area (Å²) >= 11 is 0. The predicted molar refractivity (Wildman–Crippen MR) is 145 cm³/mol. The maximum Gasteiger partial charge on any atom is 0.295 e. The van der Waals surface area contributed by atoms with E-state index in [1.807, 2.05) is 34.6 Å². The van der Waals surface area contributed by atoms with Gasteiger partial charge >= 0.3 is 0 Å². The zero-order valence-electron chi connectivity index (χ0n) is 22.7. The molecule has 3 N–H and O–H groups in total. The molecule has 2 aromatic carbocycles. The Labute approximate surface area is 223 Å². The summed E-state index contributed by atoms with van der Waals surface area (Å²) in [6, 6.07) is 11.2. The monoisotopic (exact) mass is 523 g/mol. The molecule has 2 amide bonds. The van der Waals surface area contributed by atoms with E-state index in [1.54, 1.807) is 42.5 Å². The summed E-state index contributed by atoms with van der Waals surface area (Å²) in [7, 11) is 0. The first-order valence-corrected chi connectivity index (χ1v) is 12.9. The number of hydrogen-bond acceptors (Lipinski definition) is 7. The number of hydrogen-bond donors (Lipinski definition) is 2. The molecule has 1 atom stereocenters. The Balaban J connectivity index is 2.07. The molecule has 1 fully saturated rings. The van der Waals surface area contributed by atoms with Gasteiger partial charge < -0.3 is 30.1 Å². The molecule has 0 aliphatic carbocycles. The van der Waals surface area contributed by atoms with Crippen LogP contribution in [0.3, 0.4) is 0 Å². The third-order valence-electron chi connectivity index (χ3n) is 6.49. The van der Waals surface area contributed by atoms with Crippen LogP contribution in [0.4, 0.5) is 0 Å². The van der Waals surface area contributed by atoms with Crippen molar-refractivity contribution < 1.29 is 29.0 Å². The first-order valence-electron chi connectivity index (χ1n) is 12.9. The molecule has 0 aromatic heterocycles. The van der Waals surface area contributed by atoms with Crippen LogP contribution in [0, 0.1) is 6.92 Å². The highest BCUT2D eigenvalue weighted by Gasteiger charge is 2.46. The normalized spacial score (nSPS) is 16.9. The fraction of sp³-hybridized carbons (Fsp3) is 0.414. The minimum atomic E-state index is -0.790. The Morgan fingerprint density at radius 3 is 2.26 bits per heavy atom. The number of ketones is 1.